The number of anilines is 1. The van der Waals surface area contributed by atoms with Gasteiger partial charge in [0.25, 0.3) is 0 Å². The number of ether oxygens (including phenoxy) is 1. The van der Waals surface area contributed by atoms with Gasteiger partial charge in [0.1, 0.15) is 4.88 Å². The first-order chi connectivity index (χ1) is 9.82. The summed E-state index contributed by atoms with van der Waals surface area (Å²) < 4.78 is 5.06. The van der Waals surface area contributed by atoms with Crippen molar-refractivity contribution in [2.45, 2.75) is 33.1 Å². The molecule has 5 heteroatoms. The second kappa shape index (κ2) is 5.85. The van der Waals surface area contributed by atoms with E-state index in [4.69, 9.17) is 10.5 Å². The summed E-state index contributed by atoms with van der Waals surface area (Å²) in [6.07, 6.45) is 0. The molecule has 0 saturated carbocycles. The molecule has 21 heavy (non-hydrogen) atoms. The molecule has 0 amide bonds. The van der Waals surface area contributed by atoms with E-state index in [2.05, 4.69) is 37.9 Å². The lowest BCUT2D eigenvalue weighted by molar-refractivity contribution is 0.0532. The third-order valence-corrected chi connectivity index (χ3v) is 3.99. The third-order valence-electron chi connectivity index (χ3n) is 3.13. The summed E-state index contributed by atoms with van der Waals surface area (Å²) in [7, 11) is 0. The number of rotatable bonds is 3. The van der Waals surface area contributed by atoms with Crippen molar-refractivity contribution in [2.24, 2.45) is 0 Å². The predicted octanol–water partition coefficient (Wildman–Crippen LogP) is 3.87. The SMILES string of the molecule is CCOC(=O)c1sc(N)nc1-c1ccc(C(C)(C)C)cc1. The van der Waals surface area contributed by atoms with Crippen LogP contribution >= 0.6 is 11.3 Å². The summed E-state index contributed by atoms with van der Waals surface area (Å²) in [6.45, 7) is 8.59. The van der Waals surface area contributed by atoms with Gasteiger partial charge in [0, 0.05) is 5.56 Å². The minimum atomic E-state index is -0.374. The Hall–Kier alpha value is -1.88. The standard InChI is InChI=1S/C16H20N2O2S/c1-5-20-14(19)13-12(18-15(17)21-13)10-6-8-11(9-7-10)16(2,3)4/h6-9H,5H2,1-4H3,(H2,17,18). The van der Waals surface area contributed by atoms with E-state index in [0.717, 1.165) is 16.9 Å². The Balaban J connectivity index is 2.40. The van der Waals surface area contributed by atoms with Crippen molar-refractivity contribution in [3.8, 4) is 11.3 Å². The number of nitrogens with two attached hydrogens (primary N) is 1. The van der Waals surface area contributed by atoms with E-state index in [0.29, 0.717) is 22.3 Å². The van der Waals surface area contributed by atoms with E-state index in [1.165, 1.54) is 5.56 Å². The van der Waals surface area contributed by atoms with E-state index in [1.54, 1.807) is 6.92 Å². The molecule has 0 saturated heterocycles. The maximum absolute atomic E-state index is 12.0. The van der Waals surface area contributed by atoms with Crippen LogP contribution < -0.4 is 5.73 Å². The molecule has 1 aromatic heterocycles. The molecule has 0 aliphatic heterocycles. The van der Waals surface area contributed by atoms with Crippen LogP contribution in [0.5, 0.6) is 0 Å². The highest BCUT2D eigenvalue weighted by Gasteiger charge is 2.20. The van der Waals surface area contributed by atoms with Gasteiger partial charge in [-0.05, 0) is 17.9 Å². The molecule has 0 atom stereocenters. The summed E-state index contributed by atoms with van der Waals surface area (Å²) in [4.78, 5) is 16.7. The van der Waals surface area contributed by atoms with Crippen molar-refractivity contribution in [1.29, 1.82) is 0 Å². The quantitative estimate of drug-likeness (QED) is 0.874. The Bertz CT molecular complexity index is 639. The largest absolute Gasteiger partial charge is 0.462 e. The molecule has 0 unspecified atom stereocenters. The Labute approximate surface area is 129 Å². The first kappa shape index (κ1) is 15.5. The van der Waals surface area contributed by atoms with Crippen LogP contribution in [0, 0.1) is 0 Å². The predicted molar refractivity (Wildman–Crippen MR) is 86.6 cm³/mol. The third kappa shape index (κ3) is 3.42. The number of esters is 1. The molecule has 2 aromatic rings. The average molecular weight is 304 g/mol. The smallest absolute Gasteiger partial charge is 0.350 e. The second-order valence-corrected chi connectivity index (χ2v) is 6.81. The van der Waals surface area contributed by atoms with Crippen LogP contribution in [0.4, 0.5) is 5.13 Å². The fourth-order valence-electron chi connectivity index (χ4n) is 2.00. The lowest BCUT2D eigenvalue weighted by atomic mass is 9.86. The minimum Gasteiger partial charge on any atom is -0.462 e. The van der Waals surface area contributed by atoms with Crippen LogP contribution in [-0.4, -0.2) is 17.6 Å². The Morgan fingerprint density at radius 3 is 2.43 bits per heavy atom. The first-order valence-corrected chi connectivity index (χ1v) is 7.69. The topological polar surface area (TPSA) is 65.2 Å². The molecule has 0 aliphatic rings. The fraction of sp³-hybridized carbons (Fsp3) is 0.375. The van der Waals surface area contributed by atoms with Gasteiger partial charge < -0.3 is 10.5 Å². The van der Waals surface area contributed by atoms with Crippen molar-refractivity contribution >= 4 is 22.4 Å². The highest BCUT2D eigenvalue weighted by Crippen LogP contribution is 2.32. The summed E-state index contributed by atoms with van der Waals surface area (Å²) in [5, 5.41) is 0.368. The van der Waals surface area contributed by atoms with Gasteiger partial charge >= 0.3 is 5.97 Å². The van der Waals surface area contributed by atoms with Crippen molar-refractivity contribution < 1.29 is 9.53 Å². The Kier molecular flexibility index (Phi) is 4.32. The first-order valence-electron chi connectivity index (χ1n) is 6.87. The minimum absolute atomic E-state index is 0.0869. The zero-order valence-electron chi connectivity index (χ0n) is 12.8. The van der Waals surface area contributed by atoms with Gasteiger partial charge in [-0.2, -0.15) is 0 Å². The van der Waals surface area contributed by atoms with E-state index < -0.39 is 0 Å². The molecule has 1 aromatic carbocycles. The number of carbonyl (C=O) groups excluding carboxylic acids is 1. The van der Waals surface area contributed by atoms with Gasteiger partial charge in [-0.1, -0.05) is 56.4 Å². The molecule has 1 heterocycles. The van der Waals surface area contributed by atoms with Gasteiger partial charge in [0.15, 0.2) is 5.13 Å². The lowest BCUT2D eigenvalue weighted by Gasteiger charge is -2.19. The number of aromatic nitrogens is 1. The number of nitrogens with zero attached hydrogens (tertiary/aromatic N) is 1. The zero-order valence-corrected chi connectivity index (χ0v) is 13.6. The van der Waals surface area contributed by atoms with Gasteiger partial charge in [-0.15, -0.1) is 0 Å². The van der Waals surface area contributed by atoms with Crippen LogP contribution in [0.25, 0.3) is 11.3 Å². The maximum Gasteiger partial charge on any atom is 0.350 e. The Morgan fingerprint density at radius 2 is 1.90 bits per heavy atom. The Morgan fingerprint density at radius 1 is 1.29 bits per heavy atom. The average Bonchev–Trinajstić information content (AvgIpc) is 2.80. The van der Waals surface area contributed by atoms with E-state index in [9.17, 15) is 4.79 Å². The number of thiazole rings is 1. The molecule has 2 rings (SSSR count). The summed E-state index contributed by atoms with van der Waals surface area (Å²) in [6, 6.07) is 8.05. The summed E-state index contributed by atoms with van der Waals surface area (Å²) in [5.41, 5.74) is 8.53. The van der Waals surface area contributed by atoms with E-state index >= 15 is 0 Å². The molecule has 0 aliphatic carbocycles. The van der Waals surface area contributed by atoms with E-state index in [-0.39, 0.29) is 11.4 Å². The normalized spacial score (nSPS) is 11.4. The fourth-order valence-corrected chi connectivity index (χ4v) is 2.74. The van der Waals surface area contributed by atoms with Crippen LogP contribution in [-0.2, 0) is 10.2 Å². The summed E-state index contributed by atoms with van der Waals surface area (Å²) in [5.74, 6) is -0.374. The second-order valence-electron chi connectivity index (χ2n) is 5.78. The van der Waals surface area contributed by atoms with Crippen LogP contribution in [0.2, 0.25) is 0 Å². The number of nitrogen functional groups attached to an aromatic ring is 1. The summed E-state index contributed by atoms with van der Waals surface area (Å²) >= 11 is 1.16. The molecule has 0 fully saturated rings. The number of hydrogen-bond donors (Lipinski definition) is 1. The lowest BCUT2D eigenvalue weighted by Crippen LogP contribution is -2.10. The monoisotopic (exact) mass is 304 g/mol. The molecular weight excluding hydrogens is 284 g/mol. The van der Waals surface area contributed by atoms with Gasteiger partial charge in [-0.25, -0.2) is 9.78 Å². The number of hydrogen-bond acceptors (Lipinski definition) is 5. The molecule has 4 nitrogen and oxygen atoms in total. The van der Waals surface area contributed by atoms with Crippen molar-refractivity contribution in [1.82, 2.24) is 4.98 Å². The molecule has 0 spiro atoms. The van der Waals surface area contributed by atoms with Crippen molar-refractivity contribution in [3.63, 3.8) is 0 Å². The maximum atomic E-state index is 12.0. The highest BCUT2D eigenvalue weighted by atomic mass is 32.1. The zero-order chi connectivity index (χ0) is 15.6. The van der Waals surface area contributed by atoms with Gasteiger partial charge in [0.05, 0.1) is 12.3 Å². The van der Waals surface area contributed by atoms with Crippen molar-refractivity contribution in [3.05, 3.63) is 34.7 Å². The molecular formula is C16H20N2O2S. The van der Waals surface area contributed by atoms with Gasteiger partial charge in [0.2, 0.25) is 0 Å². The van der Waals surface area contributed by atoms with Gasteiger partial charge in [-0.3, -0.25) is 0 Å². The van der Waals surface area contributed by atoms with Crippen LogP contribution in [0.15, 0.2) is 24.3 Å². The van der Waals surface area contributed by atoms with E-state index in [1.807, 2.05) is 12.1 Å². The van der Waals surface area contributed by atoms with Crippen molar-refractivity contribution in [2.75, 3.05) is 12.3 Å². The van der Waals surface area contributed by atoms with Crippen LogP contribution in [0.1, 0.15) is 42.9 Å². The van der Waals surface area contributed by atoms with Crippen LogP contribution in [0.3, 0.4) is 0 Å². The highest BCUT2D eigenvalue weighted by molar-refractivity contribution is 7.17. The number of carbonyl (C=O) groups is 1. The molecule has 112 valence electrons. The molecule has 2 N–H and O–H groups in total. The molecule has 0 bridgehead atoms. The number of benzene rings is 1. The molecule has 0 radical (unpaired) electrons.